The fourth-order valence-corrected chi connectivity index (χ4v) is 2.16. The first kappa shape index (κ1) is 10.7. The van der Waals surface area contributed by atoms with Crippen molar-refractivity contribution in [2.24, 2.45) is 0 Å². The number of aliphatic carboxylic acids is 1. The van der Waals surface area contributed by atoms with Crippen LogP contribution in [-0.4, -0.2) is 22.3 Å². The second-order valence-corrected chi connectivity index (χ2v) is 4.14. The lowest BCUT2D eigenvalue weighted by Crippen LogP contribution is -2.50. The zero-order chi connectivity index (χ0) is 11.8. The molecule has 1 aliphatic rings. The van der Waals surface area contributed by atoms with E-state index in [1.165, 1.54) is 0 Å². The first-order valence-corrected chi connectivity index (χ1v) is 5.00. The number of hydrogen-bond donors (Lipinski definition) is 2. The van der Waals surface area contributed by atoms with E-state index in [4.69, 9.17) is 5.26 Å². The van der Waals surface area contributed by atoms with Gasteiger partial charge in [-0.1, -0.05) is 12.1 Å². The summed E-state index contributed by atoms with van der Waals surface area (Å²) in [6.07, 6.45) is -0.115. The SMILES string of the molecule is N#Cc1cccc(C2(C(=O)O)CC(O)C2)c1. The van der Waals surface area contributed by atoms with E-state index in [0.29, 0.717) is 11.1 Å². The Balaban J connectivity index is 2.42. The van der Waals surface area contributed by atoms with Gasteiger partial charge in [-0.05, 0) is 30.5 Å². The molecule has 0 unspecified atom stereocenters. The maximum Gasteiger partial charge on any atom is 0.314 e. The second kappa shape index (κ2) is 3.62. The number of aliphatic hydroxyl groups excluding tert-OH is 1. The predicted molar refractivity (Wildman–Crippen MR) is 55.7 cm³/mol. The molecule has 0 aromatic heterocycles. The fourth-order valence-electron chi connectivity index (χ4n) is 2.16. The van der Waals surface area contributed by atoms with E-state index in [9.17, 15) is 15.0 Å². The van der Waals surface area contributed by atoms with Crippen LogP contribution < -0.4 is 0 Å². The van der Waals surface area contributed by atoms with Gasteiger partial charge in [0.2, 0.25) is 0 Å². The summed E-state index contributed by atoms with van der Waals surface area (Å²) in [6.45, 7) is 0. The Morgan fingerprint density at radius 3 is 2.69 bits per heavy atom. The van der Waals surface area contributed by atoms with Crippen LogP contribution in [0.25, 0.3) is 0 Å². The standard InChI is InChI=1S/C12H11NO3/c13-7-8-2-1-3-9(4-8)12(11(15)16)5-10(14)6-12/h1-4,10,14H,5-6H2,(H,15,16). The summed E-state index contributed by atoms with van der Waals surface area (Å²) in [4.78, 5) is 11.3. The van der Waals surface area contributed by atoms with Gasteiger partial charge in [-0.3, -0.25) is 4.79 Å². The van der Waals surface area contributed by atoms with Crippen LogP contribution in [0.4, 0.5) is 0 Å². The van der Waals surface area contributed by atoms with E-state index in [1.807, 2.05) is 6.07 Å². The summed E-state index contributed by atoms with van der Waals surface area (Å²) in [5, 5.41) is 27.3. The van der Waals surface area contributed by atoms with Crippen LogP contribution in [0.5, 0.6) is 0 Å². The van der Waals surface area contributed by atoms with Gasteiger partial charge in [0.25, 0.3) is 0 Å². The van der Waals surface area contributed by atoms with Crippen molar-refractivity contribution in [1.29, 1.82) is 5.26 Å². The molecular weight excluding hydrogens is 206 g/mol. The average Bonchev–Trinajstić information content (AvgIpc) is 2.24. The van der Waals surface area contributed by atoms with Crippen LogP contribution >= 0.6 is 0 Å². The molecule has 0 radical (unpaired) electrons. The van der Waals surface area contributed by atoms with E-state index in [-0.39, 0.29) is 12.8 Å². The van der Waals surface area contributed by atoms with Gasteiger partial charge in [-0.25, -0.2) is 0 Å². The van der Waals surface area contributed by atoms with Gasteiger partial charge in [0.15, 0.2) is 0 Å². The molecule has 82 valence electrons. The summed E-state index contributed by atoms with van der Waals surface area (Å²) in [5.74, 6) is -0.937. The number of carbonyl (C=O) groups is 1. The van der Waals surface area contributed by atoms with Gasteiger partial charge < -0.3 is 10.2 Å². The monoisotopic (exact) mass is 217 g/mol. The number of nitrogens with zero attached hydrogens (tertiary/aromatic N) is 1. The molecule has 0 atom stereocenters. The number of nitriles is 1. The van der Waals surface area contributed by atoms with Crippen molar-refractivity contribution in [3.8, 4) is 6.07 Å². The quantitative estimate of drug-likeness (QED) is 0.775. The molecule has 0 spiro atoms. The summed E-state index contributed by atoms with van der Waals surface area (Å²) in [5.41, 5.74) is 0.0376. The molecular formula is C12H11NO3. The van der Waals surface area contributed by atoms with Crippen LogP contribution in [0.15, 0.2) is 24.3 Å². The smallest absolute Gasteiger partial charge is 0.314 e. The summed E-state index contributed by atoms with van der Waals surface area (Å²) < 4.78 is 0. The van der Waals surface area contributed by atoms with E-state index < -0.39 is 17.5 Å². The number of rotatable bonds is 2. The van der Waals surface area contributed by atoms with Gasteiger partial charge in [-0.2, -0.15) is 5.26 Å². The van der Waals surface area contributed by atoms with Crippen molar-refractivity contribution in [2.45, 2.75) is 24.4 Å². The lowest BCUT2D eigenvalue weighted by Gasteiger charge is -2.42. The van der Waals surface area contributed by atoms with Crippen molar-refractivity contribution in [2.75, 3.05) is 0 Å². The Labute approximate surface area is 92.8 Å². The fraction of sp³-hybridized carbons (Fsp3) is 0.333. The van der Waals surface area contributed by atoms with Crippen LogP contribution in [-0.2, 0) is 10.2 Å². The van der Waals surface area contributed by atoms with Gasteiger partial charge in [-0.15, -0.1) is 0 Å². The molecule has 0 amide bonds. The molecule has 4 nitrogen and oxygen atoms in total. The van der Waals surface area contributed by atoms with Crippen LogP contribution in [0.1, 0.15) is 24.0 Å². The molecule has 2 rings (SSSR count). The molecule has 0 aliphatic heterocycles. The van der Waals surface area contributed by atoms with Gasteiger partial charge in [0, 0.05) is 0 Å². The molecule has 4 heteroatoms. The van der Waals surface area contributed by atoms with Crippen LogP contribution in [0, 0.1) is 11.3 Å². The Kier molecular flexibility index (Phi) is 2.41. The Morgan fingerprint density at radius 1 is 1.50 bits per heavy atom. The van der Waals surface area contributed by atoms with E-state index >= 15 is 0 Å². The van der Waals surface area contributed by atoms with Gasteiger partial charge >= 0.3 is 5.97 Å². The molecule has 1 aromatic carbocycles. The highest BCUT2D eigenvalue weighted by Gasteiger charge is 2.51. The summed E-state index contributed by atoms with van der Waals surface area (Å²) >= 11 is 0. The molecule has 1 aliphatic carbocycles. The Hall–Kier alpha value is -1.86. The first-order chi connectivity index (χ1) is 7.58. The first-order valence-electron chi connectivity index (χ1n) is 5.00. The molecule has 2 N–H and O–H groups in total. The summed E-state index contributed by atoms with van der Waals surface area (Å²) in [7, 11) is 0. The number of benzene rings is 1. The number of carboxylic acids is 1. The normalized spacial score (nSPS) is 27.9. The van der Waals surface area contributed by atoms with Gasteiger partial charge in [0.05, 0.1) is 23.2 Å². The minimum absolute atomic E-state index is 0.219. The molecule has 1 aromatic rings. The van der Waals surface area contributed by atoms with Crippen molar-refractivity contribution < 1.29 is 15.0 Å². The molecule has 0 bridgehead atoms. The van der Waals surface area contributed by atoms with Crippen LogP contribution in [0.3, 0.4) is 0 Å². The third kappa shape index (κ3) is 1.46. The van der Waals surface area contributed by atoms with Crippen molar-refractivity contribution >= 4 is 5.97 Å². The minimum Gasteiger partial charge on any atom is -0.481 e. The maximum absolute atomic E-state index is 11.3. The molecule has 16 heavy (non-hydrogen) atoms. The summed E-state index contributed by atoms with van der Waals surface area (Å²) in [6, 6.07) is 8.56. The highest BCUT2D eigenvalue weighted by atomic mass is 16.4. The highest BCUT2D eigenvalue weighted by Crippen LogP contribution is 2.44. The predicted octanol–water partition coefficient (Wildman–Crippen LogP) is 1.04. The van der Waals surface area contributed by atoms with E-state index in [0.717, 1.165) is 0 Å². The van der Waals surface area contributed by atoms with Gasteiger partial charge in [0.1, 0.15) is 0 Å². The molecule has 1 fully saturated rings. The van der Waals surface area contributed by atoms with E-state index in [2.05, 4.69) is 0 Å². The zero-order valence-corrected chi connectivity index (χ0v) is 8.55. The van der Waals surface area contributed by atoms with Crippen molar-refractivity contribution in [3.63, 3.8) is 0 Å². The topological polar surface area (TPSA) is 81.3 Å². The molecule has 0 heterocycles. The zero-order valence-electron chi connectivity index (χ0n) is 8.55. The molecule has 0 saturated heterocycles. The Bertz CT molecular complexity index is 469. The average molecular weight is 217 g/mol. The lowest BCUT2D eigenvalue weighted by molar-refractivity contribution is -0.152. The number of carboxylic acid groups (broad SMARTS) is 1. The number of aliphatic hydroxyl groups is 1. The van der Waals surface area contributed by atoms with Crippen molar-refractivity contribution in [1.82, 2.24) is 0 Å². The number of hydrogen-bond acceptors (Lipinski definition) is 3. The Morgan fingerprint density at radius 2 is 2.19 bits per heavy atom. The third-order valence-corrected chi connectivity index (χ3v) is 3.12. The maximum atomic E-state index is 11.3. The van der Waals surface area contributed by atoms with Crippen molar-refractivity contribution in [3.05, 3.63) is 35.4 Å². The van der Waals surface area contributed by atoms with Crippen LogP contribution in [0.2, 0.25) is 0 Å². The second-order valence-electron chi connectivity index (χ2n) is 4.14. The lowest BCUT2D eigenvalue weighted by atomic mass is 9.62. The van der Waals surface area contributed by atoms with E-state index in [1.54, 1.807) is 24.3 Å². The largest absolute Gasteiger partial charge is 0.481 e. The molecule has 1 saturated carbocycles. The third-order valence-electron chi connectivity index (χ3n) is 3.12. The highest BCUT2D eigenvalue weighted by molar-refractivity contribution is 5.83. The minimum atomic E-state index is -1.01.